The zero-order valence-electron chi connectivity index (χ0n) is 10.2. The molecule has 0 amide bonds. The number of ether oxygens (including phenoxy) is 1. The smallest absolute Gasteiger partial charge is 0.344 e. The van der Waals surface area contributed by atoms with Crippen molar-refractivity contribution in [1.29, 1.82) is 0 Å². The molecule has 0 fully saturated rings. The number of carbonyl (C=O) groups is 1. The highest BCUT2D eigenvalue weighted by Gasteiger charge is 2.12. The number of carboxylic acid groups (broad SMARTS) is 1. The summed E-state index contributed by atoms with van der Waals surface area (Å²) < 4.78 is 6.98. The minimum absolute atomic E-state index is 0.539. The van der Waals surface area contributed by atoms with Gasteiger partial charge in [-0.25, -0.2) is 4.79 Å². The highest BCUT2D eigenvalue weighted by molar-refractivity contribution is 5.72. The molecule has 5 nitrogen and oxygen atoms in total. The van der Waals surface area contributed by atoms with Crippen molar-refractivity contribution >= 4 is 5.97 Å². The number of hydrogen-bond donors (Lipinski definition) is 1. The van der Waals surface area contributed by atoms with Crippen molar-refractivity contribution < 1.29 is 14.6 Å². The summed E-state index contributed by atoms with van der Waals surface area (Å²) in [5.74, 6) is -0.441. The van der Waals surface area contributed by atoms with Crippen LogP contribution in [0.5, 0.6) is 5.75 Å². The van der Waals surface area contributed by atoms with Crippen molar-refractivity contribution in [2.75, 3.05) is 0 Å². The fraction of sp³-hybridized carbons (Fsp3) is 0.231. The van der Waals surface area contributed by atoms with E-state index in [0.29, 0.717) is 5.75 Å². The summed E-state index contributed by atoms with van der Waals surface area (Å²) in [5.41, 5.74) is 2.02. The molecule has 94 valence electrons. The van der Waals surface area contributed by atoms with Crippen LogP contribution in [0, 0.1) is 0 Å². The molecule has 0 spiro atoms. The molecule has 0 aliphatic rings. The predicted molar refractivity (Wildman–Crippen MR) is 66.4 cm³/mol. The molecule has 0 saturated carbocycles. The van der Waals surface area contributed by atoms with Crippen LogP contribution in [0.4, 0.5) is 0 Å². The fourth-order valence-corrected chi connectivity index (χ4v) is 1.55. The van der Waals surface area contributed by atoms with Crippen LogP contribution < -0.4 is 4.74 Å². The van der Waals surface area contributed by atoms with Crippen molar-refractivity contribution in [3.05, 3.63) is 36.7 Å². The number of nitrogens with zero attached hydrogens (tertiary/aromatic N) is 2. The zero-order chi connectivity index (χ0) is 13.1. The Kier molecular flexibility index (Phi) is 3.32. The largest absolute Gasteiger partial charge is 0.479 e. The highest BCUT2D eigenvalue weighted by Crippen LogP contribution is 2.22. The molecule has 2 rings (SSSR count). The number of aliphatic carboxylic acids is 1. The standard InChI is InChI=1S/C13H14N2O3/c1-9(13(16)17)18-12-5-3-10(4-6-12)11-7-14-15(2)8-11/h3-9H,1-2H3,(H,16,17). The monoisotopic (exact) mass is 246 g/mol. The summed E-state index contributed by atoms with van der Waals surface area (Å²) >= 11 is 0. The van der Waals surface area contributed by atoms with E-state index in [1.165, 1.54) is 6.92 Å². The lowest BCUT2D eigenvalue weighted by molar-refractivity contribution is -0.144. The molecule has 1 unspecified atom stereocenters. The summed E-state index contributed by atoms with van der Waals surface area (Å²) in [6.07, 6.45) is 2.83. The minimum Gasteiger partial charge on any atom is -0.479 e. The van der Waals surface area contributed by atoms with E-state index in [4.69, 9.17) is 9.84 Å². The second-order valence-electron chi connectivity index (χ2n) is 4.03. The van der Waals surface area contributed by atoms with Gasteiger partial charge in [-0.1, -0.05) is 12.1 Å². The Morgan fingerprint density at radius 3 is 2.50 bits per heavy atom. The minimum atomic E-state index is -0.980. The van der Waals surface area contributed by atoms with E-state index in [1.807, 2.05) is 25.4 Å². The molecule has 0 aliphatic heterocycles. The van der Waals surface area contributed by atoms with Crippen LogP contribution in [-0.2, 0) is 11.8 Å². The third kappa shape index (κ3) is 2.68. The van der Waals surface area contributed by atoms with Crippen molar-refractivity contribution in [2.45, 2.75) is 13.0 Å². The maximum absolute atomic E-state index is 10.7. The topological polar surface area (TPSA) is 64.4 Å². The number of carboxylic acids is 1. The number of benzene rings is 1. The van der Waals surface area contributed by atoms with Gasteiger partial charge in [0.1, 0.15) is 5.75 Å². The first-order valence-corrected chi connectivity index (χ1v) is 5.55. The summed E-state index contributed by atoms with van der Waals surface area (Å²) in [7, 11) is 1.86. The lowest BCUT2D eigenvalue weighted by atomic mass is 10.1. The molecular formula is C13H14N2O3. The Morgan fingerprint density at radius 2 is 2.00 bits per heavy atom. The second-order valence-corrected chi connectivity index (χ2v) is 4.03. The van der Waals surface area contributed by atoms with Gasteiger partial charge in [0.25, 0.3) is 0 Å². The van der Waals surface area contributed by atoms with Gasteiger partial charge >= 0.3 is 5.97 Å². The normalized spacial score (nSPS) is 12.1. The van der Waals surface area contributed by atoms with Crippen LogP contribution in [0.25, 0.3) is 11.1 Å². The van der Waals surface area contributed by atoms with Gasteiger partial charge in [-0.2, -0.15) is 5.10 Å². The third-order valence-corrected chi connectivity index (χ3v) is 2.55. The molecule has 0 aliphatic carbocycles. The van der Waals surface area contributed by atoms with Crippen LogP contribution in [0.1, 0.15) is 6.92 Å². The first-order chi connectivity index (χ1) is 8.56. The number of aromatic nitrogens is 2. The van der Waals surface area contributed by atoms with E-state index >= 15 is 0 Å². The summed E-state index contributed by atoms with van der Waals surface area (Å²) in [6.45, 7) is 1.50. The molecule has 0 saturated heterocycles. The summed E-state index contributed by atoms with van der Waals surface area (Å²) in [5, 5.41) is 12.8. The van der Waals surface area contributed by atoms with Crippen molar-refractivity contribution in [3.63, 3.8) is 0 Å². The molecule has 2 aromatic rings. The SMILES string of the molecule is CC(Oc1ccc(-c2cnn(C)c2)cc1)C(=O)O. The van der Waals surface area contributed by atoms with Crippen LogP contribution in [0.3, 0.4) is 0 Å². The Labute approximate surface area is 105 Å². The van der Waals surface area contributed by atoms with Crippen molar-refractivity contribution in [3.8, 4) is 16.9 Å². The molecule has 0 radical (unpaired) electrons. The molecule has 1 heterocycles. The van der Waals surface area contributed by atoms with Gasteiger partial charge in [0.2, 0.25) is 0 Å². The van der Waals surface area contributed by atoms with E-state index < -0.39 is 12.1 Å². The molecule has 1 N–H and O–H groups in total. The molecule has 18 heavy (non-hydrogen) atoms. The average molecular weight is 246 g/mol. The first kappa shape index (κ1) is 12.2. The Morgan fingerprint density at radius 1 is 1.33 bits per heavy atom. The number of aryl methyl sites for hydroxylation is 1. The van der Waals surface area contributed by atoms with Gasteiger partial charge in [-0.3, -0.25) is 4.68 Å². The lowest BCUT2D eigenvalue weighted by Gasteiger charge is -2.10. The first-order valence-electron chi connectivity index (χ1n) is 5.55. The van der Waals surface area contributed by atoms with E-state index in [9.17, 15) is 4.79 Å². The van der Waals surface area contributed by atoms with Crippen LogP contribution in [-0.4, -0.2) is 27.0 Å². The summed E-state index contributed by atoms with van der Waals surface area (Å²) in [4.78, 5) is 10.7. The Hall–Kier alpha value is -2.30. The Balaban J connectivity index is 2.13. The molecule has 5 heteroatoms. The molecule has 1 aromatic carbocycles. The van der Waals surface area contributed by atoms with Gasteiger partial charge in [-0.15, -0.1) is 0 Å². The van der Waals surface area contributed by atoms with Gasteiger partial charge in [0, 0.05) is 18.8 Å². The van der Waals surface area contributed by atoms with Gasteiger partial charge < -0.3 is 9.84 Å². The van der Waals surface area contributed by atoms with E-state index in [2.05, 4.69) is 5.10 Å². The maximum atomic E-state index is 10.7. The zero-order valence-corrected chi connectivity index (χ0v) is 10.2. The summed E-state index contributed by atoms with van der Waals surface area (Å²) in [6, 6.07) is 7.26. The third-order valence-electron chi connectivity index (χ3n) is 2.55. The van der Waals surface area contributed by atoms with E-state index in [1.54, 1.807) is 23.0 Å². The Bertz CT molecular complexity index is 546. The quantitative estimate of drug-likeness (QED) is 0.895. The van der Waals surface area contributed by atoms with E-state index in [0.717, 1.165) is 11.1 Å². The predicted octanol–water partition coefficient (Wildman–Crippen LogP) is 1.94. The second kappa shape index (κ2) is 4.91. The number of rotatable bonds is 4. The van der Waals surface area contributed by atoms with Crippen LogP contribution >= 0.6 is 0 Å². The van der Waals surface area contributed by atoms with Crippen molar-refractivity contribution in [2.24, 2.45) is 7.05 Å². The fourth-order valence-electron chi connectivity index (χ4n) is 1.55. The van der Waals surface area contributed by atoms with Crippen LogP contribution in [0.15, 0.2) is 36.7 Å². The van der Waals surface area contributed by atoms with Crippen molar-refractivity contribution in [1.82, 2.24) is 9.78 Å². The van der Waals surface area contributed by atoms with E-state index in [-0.39, 0.29) is 0 Å². The molecule has 1 aromatic heterocycles. The maximum Gasteiger partial charge on any atom is 0.344 e. The van der Waals surface area contributed by atoms with Gasteiger partial charge in [0.05, 0.1) is 6.20 Å². The molecule has 0 bridgehead atoms. The van der Waals surface area contributed by atoms with Gasteiger partial charge in [0.15, 0.2) is 6.10 Å². The number of hydrogen-bond acceptors (Lipinski definition) is 3. The van der Waals surface area contributed by atoms with Gasteiger partial charge in [-0.05, 0) is 24.6 Å². The van der Waals surface area contributed by atoms with Crippen LogP contribution in [0.2, 0.25) is 0 Å². The average Bonchev–Trinajstić information content (AvgIpc) is 2.76. The lowest BCUT2D eigenvalue weighted by Crippen LogP contribution is -2.22. The molecular weight excluding hydrogens is 232 g/mol. The molecule has 1 atom stereocenters. The highest BCUT2D eigenvalue weighted by atomic mass is 16.5.